The predicted molar refractivity (Wildman–Crippen MR) is 0 cm³/mol. The average Bonchev–Trinajstić information content (AvgIpc) is 0. The summed E-state index contributed by atoms with van der Waals surface area (Å²) in [7, 11) is 0. The molecule has 1 radical (unpaired) electrons. The van der Waals surface area contributed by atoms with E-state index in [9.17, 15) is 0 Å². The summed E-state index contributed by atoms with van der Waals surface area (Å²) in [6.45, 7) is 0. The van der Waals surface area contributed by atoms with E-state index in [0.717, 1.165) is 0 Å². The second kappa shape index (κ2) is 17.8. The van der Waals surface area contributed by atoms with Crippen LogP contribution in [0.15, 0.2) is 0 Å². The van der Waals surface area contributed by atoms with Crippen molar-refractivity contribution in [2.45, 2.75) is 0 Å². The van der Waals surface area contributed by atoms with Gasteiger partial charge in [-0.05, 0) is 0 Å². The molecule has 4 heavy (non-hydrogen) atoms. The van der Waals surface area contributed by atoms with Crippen molar-refractivity contribution in [2.75, 3.05) is 0 Å². The van der Waals surface area contributed by atoms with E-state index in [-0.39, 0.29) is 78.4 Å². The van der Waals surface area contributed by atoms with Crippen LogP contribution in [0.2, 0.25) is 0 Å². The molecule has 0 aliphatic rings. The molecule has 0 bridgehead atoms. The first-order valence-electron chi connectivity index (χ1n) is 0. The van der Waals surface area contributed by atoms with Gasteiger partial charge in [0.25, 0.3) is 0 Å². The van der Waals surface area contributed by atoms with Crippen molar-refractivity contribution in [3.05, 3.63) is 0 Å². The molecule has 0 aromatic rings. The fourth-order valence-corrected chi connectivity index (χ4v) is 0. The summed E-state index contributed by atoms with van der Waals surface area (Å²) in [6, 6.07) is 0. The Morgan fingerprint density at radius 2 is 1.00 bits per heavy atom. The van der Waals surface area contributed by atoms with Gasteiger partial charge in [0.2, 0.25) is 0 Å². The monoisotopic (exact) mass is 253 g/mol. The molecule has 0 atom stereocenters. The van der Waals surface area contributed by atoms with E-state index in [1.54, 1.807) is 0 Å². The second-order valence-electron chi connectivity index (χ2n) is 0. The van der Waals surface area contributed by atoms with Crippen LogP contribution in [0.3, 0.4) is 0 Å². The Balaban J connectivity index is 0. The zero-order chi connectivity index (χ0) is 0. The SMILES string of the molecule is [Fe].[Mo].[Ti].[V]. The zero-order valence-corrected chi connectivity index (χ0v) is 7.78. The summed E-state index contributed by atoms with van der Waals surface area (Å²) < 4.78 is 0. The molecular formula is FeMoTiV. The van der Waals surface area contributed by atoms with Crippen LogP contribution in [0.5, 0.6) is 0 Å². The van der Waals surface area contributed by atoms with Crippen LogP contribution in [0.4, 0.5) is 0 Å². The van der Waals surface area contributed by atoms with Gasteiger partial charge in [-0.2, -0.15) is 0 Å². The van der Waals surface area contributed by atoms with Crippen LogP contribution >= 0.6 is 0 Å². The Morgan fingerprint density at radius 3 is 1.00 bits per heavy atom. The van der Waals surface area contributed by atoms with Crippen LogP contribution in [0.25, 0.3) is 0 Å². The molecule has 0 nitrogen and oxygen atoms in total. The largest absolute Gasteiger partial charge is 0 e. The maximum Gasteiger partial charge on any atom is 0 e. The molecule has 0 rings (SSSR count). The van der Waals surface area contributed by atoms with E-state index in [1.165, 1.54) is 0 Å². The van der Waals surface area contributed by atoms with Gasteiger partial charge in [-0.25, -0.2) is 0 Å². The molecule has 0 N–H and O–H groups in total. The molecule has 0 aliphatic carbocycles. The van der Waals surface area contributed by atoms with Gasteiger partial charge in [0.1, 0.15) is 0 Å². The van der Waals surface area contributed by atoms with Gasteiger partial charge in [0, 0.05) is 78.4 Å². The Morgan fingerprint density at radius 1 is 1.00 bits per heavy atom. The number of hydrogen-bond acceptors (Lipinski definition) is 0. The van der Waals surface area contributed by atoms with E-state index in [4.69, 9.17) is 0 Å². The minimum atomic E-state index is 0. The molecular weight excluding hydrogens is 251 g/mol. The summed E-state index contributed by atoms with van der Waals surface area (Å²) in [5, 5.41) is 0. The van der Waals surface area contributed by atoms with Gasteiger partial charge in [-0.3, -0.25) is 0 Å². The molecule has 4 heteroatoms. The first-order chi connectivity index (χ1) is 0. The van der Waals surface area contributed by atoms with E-state index < -0.39 is 0 Å². The molecule has 0 spiro atoms. The third kappa shape index (κ3) is 8.82. The first kappa shape index (κ1) is 31.4. The summed E-state index contributed by atoms with van der Waals surface area (Å²) in [5.41, 5.74) is 0. The minimum Gasteiger partial charge on any atom is 0 e. The van der Waals surface area contributed by atoms with Crippen LogP contribution in [0, 0.1) is 0 Å². The maximum atomic E-state index is 0. The summed E-state index contributed by atoms with van der Waals surface area (Å²) >= 11 is 0. The fourth-order valence-electron chi connectivity index (χ4n) is 0. The molecule has 0 aromatic carbocycles. The van der Waals surface area contributed by atoms with Crippen LogP contribution in [-0.2, 0) is 78.4 Å². The first-order valence-corrected chi connectivity index (χ1v) is 0. The molecule has 0 aromatic heterocycles. The average molecular weight is 251 g/mol. The fraction of sp³-hybridized carbons (Fsp3) is 0. The third-order valence-electron chi connectivity index (χ3n) is 0. The van der Waals surface area contributed by atoms with Gasteiger partial charge in [0.15, 0.2) is 0 Å². The molecule has 0 heterocycles. The van der Waals surface area contributed by atoms with Crippen molar-refractivity contribution in [1.29, 1.82) is 0 Å². The van der Waals surface area contributed by atoms with Crippen molar-refractivity contribution in [3.63, 3.8) is 0 Å². The molecule has 0 saturated carbocycles. The zero-order valence-electron chi connectivity index (χ0n) is 1.71. The third-order valence-corrected chi connectivity index (χ3v) is 0. The standard InChI is InChI=1S/Fe.Mo.Ti.V. The van der Waals surface area contributed by atoms with Crippen molar-refractivity contribution < 1.29 is 78.4 Å². The molecule has 0 fully saturated rings. The van der Waals surface area contributed by atoms with Gasteiger partial charge in [0.05, 0.1) is 0 Å². The predicted octanol–water partition coefficient (Wildman–Crippen LogP) is -0.0100. The van der Waals surface area contributed by atoms with Gasteiger partial charge in [-0.1, -0.05) is 0 Å². The Bertz CT molecular complexity index is 8.00. The molecule has 0 aliphatic heterocycles. The van der Waals surface area contributed by atoms with E-state index in [1.807, 2.05) is 0 Å². The molecule has 0 amide bonds. The van der Waals surface area contributed by atoms with E-state index in [2.05, 4.69) is 0 Å². The molecule has 23 valence electrons. The minimum absolute atomic E-state index is 0. The van der Waals surface area contributed by atoms with Crippen LogP contribution in [-0.4, -0.2) is 0 Å². The Hall–Kier alpha value is 2.51. The van der Waals surface area contributed by atoms with Crippen molar-refractivity contribution in [1.82, 2.24) is 0 Å². The van der Waals surface area contributed by atoms with Crippen molar-refractivity contribution >= 4 is 0 Å². The van der Waals surface area contributed by atoms with Crippen molar-refractivity contribution in [2.24, 2.45) is 0 Å². The van der Waals surface area contributed by atoms with Gasteiger partial charge < -0.3 is 0 Å². The van der Waals surface area contributed by atoms with E-state index >= 15 is 0 Å². The normalized spacial score (nSPS) is 0. The van der Waals surface area contributed by atoms with Crippen LogP contribution < -0.4 is 0 Å². The van der Waals surface area contributed by atoms with Gasteiger partial charge in [-0.15, -0.1) is 0 Å². The van der Waals surface area contributed by atoms with Crippen LogP contribution in [0.1, 0.15) is 0 Å². The number of rotatable bonds is 0. The summed E-state index contributed by atoms with van der Waals surface area (Å²) in [6.07, 6.45) is 0. The Kier molecular flexibility index (Phi) is 140. The second-order valence-corrected chi connectivity index (χ2v) is 0. The van der Waals surface area contributed by atoms with Gasteiger partial charge >= 0.3 is 0 Å². The summed E-state index contributed by atoms with van der Waals surface area (Å²) in [4.78, 5) is 0. The number of hydrogen-bond donors (Lipinski definition) is 0. The topological polar surface area (TPSA) is 0 Å². The quantitative estimate of drug-likeness (QED) is 0.531. The van der Waals surface area contributed by atoms with E-state index in [0.29, 0.717) is 0 Å². The maximum absolute atomic E-state index is 0. The molecule has 0 unspecified atom stereocenters. The smallest absolute Gasteiger partial charge is 0 e. The summed E-state index contributed by atoms with van der Waals surface area (Å²) in [5.74, 6) is 0. The Labute approximate surface area is 77.4 Å². The molecule has 0 saturated heterocycles. The van der Waals surface area contributed by atoms with Crippen molar-refractivity contribution in [3.8, 4) is 0 Å².